The Hall–Kier alpha value is -1.24. The highest BCUT2D eigenvalue weighted by Crippen LogP contribution is 2.58. The van der Waals surface area contributed by atoms with Crippen LogP contribution in [-0.2, 0) is 20.8 Å². The predicted molar refractivity (Wildman–Crippen MR) is 93.8 cm³/mol. The quantitative estimate of drug-likeness (QED) is 0.610. The van der Waals surface area contributed by atoms with Gasteiger partial charge in [0.1, 0.15) is 12.4 Å². The van der Waals surface area contributed by atoms with Crippen LogP contribution in [0.4, 0.5) is 0 Å². The summed E-state index contributed by atoms with van der Waals surface area (Å²) in [6, 6.07) is 10.0. The standard InChI is InChI=1S/C20H28O5/c1-19-11-17(22)16(21)9-15(19)10-18(24-13-23-3)20(19,2)25-12-14-7-5-4-6-8-14/h4-9,16-18,21-22H,10-13H2,1-3H3/t16?,17?,18-,19+,20+/m1/s1. The lowest BCUT2D eigenvalue weighted by molar-refractivity contribution is -0.200. The first-order valence-corrected chi connectivity index (χ1v) is 8.76. The molecule has 0 saturated heterocycles. The van der Waals surface area contributed by atoms with Gasteiger partial charge >= 0.3 is 0 Å². The number of methoxy groups -OCH3 is 1. The molecule has 5 nitrogen and oxygen atoms in total. The number of aliphatic hydroxyl groups excluding tert-OH is 2. The lowest BCUT2D eigenvalue weighted by Crippen LogP contribution is -2.53. The Kier molecular flexibility index (Phi) is 5.32. The summed E-state index contributed by atoms with van der Waals surface area (Å²) in [5.41, 5.74) is 1.14. The maximum Gasteiger partial charge on any atom is 0.146 e. The van der Waals surface area contributed by atoms with Crippen molar-refractivity contribution in [3.05, 3.63) is 47.5 Å². The lowest BCUT2D eigenvalue weighted by atomic mass is 9.67. The van der Waals surface area contributed by atoms with Crippen LogP contribution in [-0.4, -0.2) is 48.0 Å². The SMILES string of the molecule is COCO[C@@H]1CC2=CC(O)C(O)C[C@]2(C)[C@@]1(C)OCc1ccccc1. The highest BCUT2D eigenvalue weighted by atomic mass is 16.7. The third kappa shape index (κ3) is 3.27. The van der Waals surface area contributed by atoms with Gasteiger partial charge in [-0.1, -0.05) is 48.9 Å². The number of fused-ring (bicyclic) bond motifs is 1. The monoisotopic (exact) mass is 348 g/mol. The van der Waals surface area contributed by atoms with Crippen molar-refractivity contribution in [2.24, 2.45) is 5.41 Å². The molecule has 5 atom stereocenters. The topological polar surface area (TPSA) is 68.2 Å². The van der Waals surface area contributed by atoms with Gasteiger partial charge in [0, 0.05) is 12.5 Å². The zero-order chi connectivity index (χ0) is 18.1. The average molecular weight is 348 g/mol. The van der Waals surface area contributed by atoms with E-state index in [2.05, 4.69) is 6.92 Å². The largest absolute Gasteiger partial charge is 0.390 e. The van der Waals surface area contributed by atoms with Gasteiger partial charge in [-0.25, -0.2) is 0 Å². The molecule has 2 unspecified atom stereocenters. The summed E-state index contributed by atoms with van der Waals surface area (Å²) in [6.07, 6.45) is 1.05. The summed E-state index contributed by atoms with van der Waals surface area (Å²) < 4.78 is 17.5. The number of ether oxygens (including phenoxy) is 3. The summed E-state index contributed by atoms with van der Waals surface area (Å²) in [7, 11) is 1.60. The van der Waals surface area contributed by atoms with E-state index >= 15 is 0 Å². The molecule has 2 aliphatic rings. The van der Waals surface area contributed by atoms with Gasteiger partial charge in [-0.15, -0.1) is 0 Å². The van der Waals surface area contributed by atoms with Crippen molar-refractivity contribution in [1.29, 1.82) is 0 Å². The van der Waals surface area contributed by atoms with E-state index in [4.69, 9.17) is 14.2 Å². The highest BCUT2D eigenvalue weighted by Gasteiger charge is 2.61. The van der Waals surface area contributed by atoms with E-state index < -0.39 is 23.2 Å². The molecule has 1 fully saturated rings. The minimum atomic E-state index is -0.831. The van der Waals surface area contributed by atoms with Crippen LogP contribution in [0.25, 0.3) is 0 Å². The van der Waals surface area contributed by atoms with Gasteiger partial charge in [0.2, 0.25) is 0 Å². The second-order valence-corrected chi connectivity index (χ2v) is 7.43. The Morgan fingerprint density at radius 2 is 1.88 bits per heavy atom. The molecule has 2 aliphatic carbocycles. The number of rotatable bonds is 6. The van der Waals surface area contributed by atoms with Gasteiger partial charge in [0.25, 0.3) is 0 Å². The molecule has 1 saturated carbocycles. The van der Waals surface area contributed by atoms with Crippen molar-refractivity contribution < 1.29 is 24.4 Å². The molecule has 5 heteroatoms. The van der Waals surface area contributed by atoms with E-state index in [9.17, 15) is 10.2 Å². The van der Waals surface area contributed by atoms with Crippen LogP contribution in [0.5, 0.6) is 0 Å². The van der Waals surface area contributed by atoms with Crippen molar-refractivity contribution in [1.82, 2.24) is 0 Å². The zero-order valence-corrected chi connectivity index (χ0v) is 15.1. The molecule has 0 aromatic heterocycles. The van der Waals surface area contributed by atoms with Crippen LogP contribution < -0.4 is 0 Å². The smallest absolute Gasteiger partial charge is 0.146 e. The molecule has 0 radical (unpaired) electrons. The summed E-state index contributed by atoms with van der Waals surface area (Å²) in [4.78, 5) is 0. The third-order valence-electron chi connectivity index (χ3n) is 5.98. The number of aliphatic hydroxyl groups is 2. The van der Waals surface area contributed by atoms with E-state index in [1.165, 1.54) is 0 Å². The first kappa shape index (κ1) is 18.5. The second kappa shape index (κ2) is 7.17. The van der Waals surface area contributed by atoms with Crippen LogP contribution in [0, 0.1) is 5.41 Å². The van der Waals surface area contributed by atoms with Crippen molar-refractivity contribution in [3.8, 4) is 0 Å². The Balaban J connectivity index is 1.89. The Labute approximate surface area is 149 Å². The maximum absolute atomic E-state index is 10.3. The van der Waals surface area contributed by atoms with Crippen LogP contribution >= 0.6 is 0 Å². The van der Waals surface area contributed by atoms with E-state index in [1.807, 2.05) is 37.3 Å². The first-order chi connectivity index (χ1) is 11.9. The molecule has 138 valence electrons. The van der Waals surface area contributed by atoms with Gasteiger partial charge in [0.05, 0.1) is 24.9 Å². The fourth-order valence-corrected chi connectivity index (χ4v) is 4.16. The maximum atomic E-state index is 10.3. The third-order valence-corrected chi connectivity index (χ3v) is 5.98. The van der Waals surface area contributed by atoms with E-state index in [0.29, 0.717) is 19.4 Å². The summed E-state index contributed by atoms with van der Waals surface area (Å²) >= 11 is 0. The van der Waals surface area contributed by atoms with Gasteiger partial charge < -0.3 is 24.4 Å². The average Bonchev–Trinajstić information content (AvgIpc) is 2.81. The molecule has 3 rings (SSSR count). The zero-order valence-electron chi connectivity index (χ0n) is 15.1. The van der Waals surface area contributed by atoms with E-state index in [-0.39, 0.29) is 12.9 Å². The molecule has 25 heavy (non-hydrogen) atoms. The number of hydrogen-bond donors (Lipinski definition) is 2. The van der Waals surface area contributed by atoms with Gasteiger partial charge in [-0.05, 0) is 25.3 Å². The normalized spacial score (nSPS) is 37.6. The summed E-state index contributed by atoms with van der Waals surface area (Å²) in [5.74, 6) is 0. The first-order valence-electron chi connectivity index (χ1n) is 8.76. The van der Waals surface area contributed by atoms with E-state index in [1.54, 1.807) is 13.2 Å². The molecule has 1 aromatic carbocycles. The number of hydrogen-bond acceptors (Lipinski definition) is 5. The van der Waals surface area contributed by atoms with Crippen molar-refractivity contribution >= 4 is 0 Å². The van der Waals surface area contributed by atoms with Crippen LogP contribution in [0.15, 0.2) is 42.0 Å². The Bertz CT molecular complexity index is 616. The Morgan fingerprint density at radius 3 is 2.56 bits per heavy atom. The highest BCUT2D eigenvalue weighted by molar-refractivity contribution is 5.33. The number of benzene rings is 1. The van der Waals surface area contributed by atoms with Gasteiger partial charge in [-0.2, -0.15) is 0 Å². The van der Waals surface area contributed by atoms with Gasteiger partial charge in [0.15, 0.2) is 0 Å². The molecular formula is C20H28O5. The van der Waals surface area contributed by atoms with E-state index in [0.717, 1.165) is 11.1 Å². The Morgan fingerprint density at radius 1 is 1.16 bits per heavy atom. The fourth-order valence-electron chi connectivity index (χ4n) is 4.16. The molecular weight excluding hydrogens is 320 g/mol. The van der Waals surface area contributed by atoms with Crippen molar-refractivity contribution in [3.63, 3.8) is 0 Å². The molecule has 0 spiro atoms. The van der Waals surface area contributed by atoms with Crippen LogP contribution in [0.2, 0.25) is 0 Å². The lowest BCUT2D eigenvalue weighted by Gasteiger charge is -2.47. The fraction of sp³-hybridized carbons (Fsp3) is 0.600. The van der Waals surface area contributed by atoms with Crippen molar-refractivity contribution in [2.75, 3.05) is 13.9 Å². The molecule has 0 bridgehead atoms. The van der Waals surface area contributed by atoms with Gasteiger partial charge in [-0.3, -0.25) is 0 Å². The summed E-state index contributed by atoms with van der Waals surface area (Å²) in [6.45, 7) is 4.78. The second-order valence-electron chi connectivity index (χ2n) is 7.43. The molecule has 2 N–H and O–H groups in total. The molecule has 0 heterocycles. The minimum Gasteiger partial charge on any atom is -0.390 e. The van der Waals surface area contributed by atoms with Crippen LogP contribution in [0.3, 0.4) is 0 Å². The molecule has 0 amide bonds. The minimum absolute atomic E-state index is 0.184. The van der Waals surface area contributed by atoms with Crippen molar-refractivity contribution in [2.45, 2.75) is 57.2 Å². The molecule has 1 aromatic rings. The summed E-state index contributed by atoms with van der Waals surface area (Å²) in [5, 5.41) is 20.3. The van der Waals surface area contributed by atoms with Crippen LogP contribution in [0.1, 0.15) is 32.3 Å². The predicted octanol–water partition coefficient (Wildman–Crippen LogP) is 2.41. The molecule has 0 aliphatic heterocycles.